The number of rotatable bonds is 3. The van der Waals surface area contributed by atoms with E-state index < -0.39 is 5.56 Å². The number of nitrogens with one attached hydrogen (secondary N) is 1. The summed E-state index contributed by atoms with van der Waals surface area (Å²) in [6.07, 6.45) is 2.25. The largest absolute Gasteiger partial charge is 0.385 e. The zero-order chi connectivity index (χ0) is 16.6. The number of amides is 1. The summed E-state index contributed by atoms with van der Waals surface area (Å²) < 4.78 is 1.10. The molecule has 0 aliphatic carbocycles. The van der Waals surface area contributed by atoms with Crippen molar-refractivity contribution in [3.8, 4) is 0 Å². The van der Waals surface area contributed by atoms with Gasteiger partial charge in [-0.15, -0.1) is 0 Å². The molecule has 0 radical (unpaired) electrons. The van der Waals surface area contributed by atoms with E-state index in [2.05, 4.69) is 10.4 Å². The summed E-state index contributed by atoms with van der Waals surface area (Å²) in [5.74, 6) is -0.176. The Morgan fingerprint density at radius 2 is 2.17 bits per heavy atom. The summed E-state index contributed by atoms with van der Waals surface area (Å²) >= 11 is 5.99. The van der Waals surface area contributed by atoms with Crippen LogP contribution in [0.15, 0.2) is 35.3 Å². The standard InChI is InChI=1S/C16H17ClN4O2/c1-10-7-11-5-3-4-6-13(11)21(10)14(22)9-20-16(23)15(17)12(18-2)8-19-20/h3-6,8,10,18H,7,9H2,1-2H3. The fourth-order valence-corrected chi connectivity index (χ4v) is 3.14. The van der Waals surface area contributed by atoms with Gasteiger partial charge in [-0.2, -0.15) is 5.10 Å². The molecule has 23 heavy (non-hydrogen) atoms. The molecule has 2 heterocycles. The van der Waals surface area contributed by atoms with E-state index in [0.717, 1.165) is 22.4 Å². The van der Waals surface area contributed by atoms with Crippen molar-refractivity contribution in [3.05, 3.63) is 51.4 Å². The molecule has 2 aromatic rings. The molecule has 7 heteroatoms. The summed E-state index contributed by atoms with van der Waals surface area (Å²) in [6, 6.07) is 7.86. The molecule has 1 N–H and O–H groups in total. The molecular weight excluding hydrogens is 316 g/mol. The van der Waals surface area contributed by atoms with Crippen LogP contribution in [0.2, 0.25) is 5.02 Å². The van der Waals surface area contributed by atoms with Crippen LogP contribution in [-0.4, -0.2) is 28.8 Å². The van der Waals surface area contributed by atoms with Gasteiger partial charge in [0.15, 0.2) is 0 Å². The van der Waals surface area contributed by atoms with Gasteiger partial charge in [0.1, 0.15) is 11.6 Å². The molecule has 1 atom stereocenters. The van der Waals surface area contributed by atoms with E-state index in [4.69, 9.17) is 11.6 Å². The lowest BCUT2D eigenvalue weighted by Crippen LogP contribution is -2.40. The Morgan fingerprint density at radius 1 is 1.43 bits per heavy atom. The summed E-state index contributed by atoms with van der Waals surface area (Å²) in [5, 5.41) is 6.83. The molecule has 0 saturated carbocycles. The van der Waals surface area contributed by atoms with Crippen LogP contribution in [0.25, 0.3) is 0 Å². The van der Waals surface area contributed by atoms with Gasteiger partial charge in [-0.05, 0) is 25.0 Å². The number of benzene rings is 1. The van der Waals surface area contributed by atoms with Crippen molar-refractivity contribution in [2.24, 2.45) is 0 Å². The first-order valence-corrected chi connectivity index (χ1v) is 7.74. The quantitative estimate of drug-likeness (QED) is 0.932. The SMILES string of the molecule is CNc1cnn(CC(=O)N2c3ccccc3CC2C)c(=O)c1Cl. The molecule has 0 spiro atoms. The number of para-hydroxylation sites is 1. The van der Waals surface area contributed by atoms with Crippen molar-refractivity contribution in [2.45, 2.75) is 25.9 Å². The molecule has 3 rings (SSSR count). The number of hydrogen-bond acceptors (Lipinski definition) is 4. The van der Waals surface area contributed by atoms with Crippen molar-refractivity contribution in [1.82, 2.24) is 9.78 Å². The van der Waals surface area contributed by atoms with Gasteiger partial charge in [-0.1, -0.05) is 29.8 Å². The summed E-state index contributed by atoms with van der Waals surface area (Å²) in [4.78, 5) is 26.6. The van der Waals surface area contributed by atoms with Gasteiger partial charge in [0.2, 0.25) is 5.91 Å². The lowest BCUT2D eigenvalue weighted by Gasteiger charge is -2.23. The number of halogens is 1. The van der Waals surface area contributed by atoms with Crippen LogP contribution in [-0.2, 0) is 17.8 Å². The maximum atomic E-state index is 12.7. The number of fused-ring (bicyclic) bond motifs is 1. The zero-order valence-corrected chi connectivity index (χ0v) is 13.7. The van der Waals surface area contributed by atoms with Crippen molar-refractivity contribution in [1.29, 1.82) is 0 Å². The van der Waals surface area contributed by atoms with Crippen LogP contribution >= 0.6 is 11.6 Å². The average Bonchev–Trinajstić information content (AvgIpc) is 2.88. The van der Waals surface area contributed by atoms with Crippen molar-refractivity contribution in [3.63, 3.8) is 0 Å². The molecule has 1 aliphatic rings. The number of hydrogen-bond donors (Lipinski definition) is 1. The first kappa shape index (κ1) is 15.6. The normalized spacial score (nSPS) is 16.3. The molecule has 1 aromatic heterocycles. The maximum Gasteiger partial charge on any atom is 0.288 e. The molecule has 120 valence electrons. The smallest absolute Gasteiger partial charge is 0.288 e. The minimum Gasteiger partial charge on any atom is -0.385 e. The van der Waals surface area contributed by atoms with Crippen LogP contribution < -0.4 is 15.8 Å². The van der Waals surface area contributed by atoms with E-state index in [1.54, 1.807) is 11.9 Å². The Morgan fingerprint density at radius 3 is 2.91 bits per heavy atom. The second-order valence-electron chi connectivity index (χ2n) is 5.53. The molecule has 6 nitrogen and oxygen atoms in total. The summed E-state index contributed by atoms with van der Waals surface area (Å²) in [7, 11) is 1.65. The monoisotopic (exact) mass is 332 g/mol. The zero-order valence-electron chi connectivity index (χ0n) is 12.9. The Hall–Kier alpha value is -2.34. The molecule has 1 aliphatic heterocycles. The first-order chi connectivity index (χ1) is 11.0. The third-order valence-electron chi connectivity index (χ3n) is 4.02. The number of carbonyl (C=O) groups is 1. The van der Waals surface area contributed by atoms with E-state index in [1.807, 2.05) is 31.2 Å². The molecule has 0 saturated heterocycles. The number of aromatic nitrogens is 2. The predicted molar refractivity (Wildman–Crippen MR) is 90.1 cm³/mol. The molecule has 1 unspecified atom stereocenters. The van der Waals surface area contributed by atoms with E-state index in [9.17, 15) is 9.59 Å². The van der Waals surface area contributed by atoms with E-state index in [-0.39, 0.29) is 23.5 Å². The van der Waals surface area contributed by atoms with Crippen LogP contribution in [0.3, 0.4) is 0 Å². The van der Waals surface area contributed by atoms with Gasteiger partial charge < -0.3 is 10.2 Å². The fraction of sp³-hybridized carbons (Fsp3) is 0.312. The topological polar surface area (TPSA) is 67.2 Å². The fourth-order valence-electron chi connectivity index (χ4n) is 2.90. The number of anilines is 2. The van der Waals surface area contributed by atoms with Gasteiger partial charge >= 0.3 is 0 Å². The predicted octanol–water partition coefficient (Wildman–Crippen LogP) is 1.92. The highest BCUT2D eigenvalue weighted by atomic mass is 35.5. The van der Waals surface area contributed by atoms with Crippen LogP contribution in [0.5, 0.6) is 0 Å². The van der Waals surface area contributed by atoms with Gasteiger partial charge in [0, 0.05) is 18.8 Å². The number of nitrogens with zero attached hydrogens (tertiary/aromatic N) is 3. The minimum atomic E-state index is -0.480. The lowest BCUT2D eigenvalue weighted by molar-refractivity contribution is -0.119. The van der Waals surface area contributed by atoms with Gasteiger partial charge in [0.25, 0.3) is 5.56 Å². The van der Waals surface area contributed by atoms with Gasteiger partial charge in [-0.3, -0.25) is 9.59 Å². The highest BCUT2D eigenvalue weighted by molar-refractivity contribution is 6.32. The van der Waals surface area contributed by atoms with Crippen LogP contribution in [0.4, 0.5) is 11.4 Å². The van der Waals surface area contributed by atoms with Crippen molar-refractivity contribution >= 4 is 28.9 Å². The molecule has 1 aromatic carbocycles. The van der Waals surface area contributed by atoms with E-state index >= 15 is 0 Å². The molecular formula is C16H17ClN4O2. The summed E-state index contributed by atoms with van der Waals surface area (Å²) in [6.45, 7) is 1.85. The van der Waals surface area contributed by atoms with Gasteiger partial charge in [0.05, 0.1) is 11.9 Å². The third-order valence-corrected chi connectivity index (χ3v) is 4.38. The Balaban J connectivity index is 1.89. The maximum absolute atomic E-state index is 12.7. The summed E-state index contributed by atoms with van der Waals surface area (Å²) in [5.41, 5.74) is 2.00. The molecule has 1 amide bonds. The second-order valence-corrected chi connectivity index (χ2v) is 5.91. The highest BCUT2D eigenvalue weighted by Crippen LogP contribution is 2.31. The van der Waals surface area contributed by atoms with Crippen LogP contribution in [0, 0.1) is 0 Å². The Bertz CT molecular complexity index is 818. The Labute approximate surface area is 138 Å². The highest BCUT2D eigenvalue weighted by Gasteiger charge is 2.30. The minimum absolute atomic E-state index is 0.0326. The molecule has 0 fully saturated rings. The second kappa shape index (κ2) is 6.04. The molecule has 0 bridgehead atoms. The van der Waals surface area contributed by atoms with E-state index in [0.29, 0.717) is 5.69 Å². The van der Waals surface area contributed by atoms with Gasteiger partial charge in [-0.25, -0.2) is 4.68 Å². The number of carbonyl (C=O) groups excluding carboxylic acids is 1. The van der Waals surface area contributed by atoms with E-state index in [1.165, 1.54) is 6.20 Å². The average molecular weight is 333 g/mol. The van der Waals surface area contributed by atoms with Crippen molar-refractivity contribution in [2.75, 3.05) is 17.3 Å². The lowest BCUT2D eigenvalue weighted by atomic mass is 10.1. The third kappa shape index (κ3) is 2.70. The first-order valence-electron chi connectivity index (χ1n) is 7.36. The Kier molecular flexibility index (Phi) is 4.09. The van der Waals surface area contributed by atoms with Crippen LogP contribution in [0.1, 0.15) is 12.5 Å². The van der Waals surface area contributed by atoms with Crippen molar-refractivity contribution < 1.29 is 4.79 Å².